The molecular formula is C14H20FNO2. The predicted octanol–water partition coefficient (Wildman–Crippen LogP) is 2.49. The number of aliphatic hydroxyl groups excluding tert-OH is 1. The van der Waals surface area contributed by atoms with Crippen molar-refractivity contribution in [1.82, 2.24) is 0 Å². The van der Waals surface area contributed by atoms with E-state index < -0.39 is 6.10 Å². The van der Waals surface area contributed by atoms with E-state index in [1.807, 2.05) is 0 Å². The van der Waals surface area contributed by atoms with Gasteiger partial charge in [0.25, 0.3) is 0 Å². The molecule has 1 aromatic carbocycles. The van der Waals surface area contributed by atoms with Gasteiger partial charge in [0.05, 0.1) is 18.4 Å². The first kappa shape index (κ1) is 13.3. The van der Waals surface area contributed by atoms with Gasteiger partial charge in [-0.1, -0.05) is 6.07 Å². The van der Waals surface area contributed by atoms with Crippen LogP contribution in [0.4, 0.5) is 10.1 Å². The summed E-state index contributed by atoms with van der Waals surface area (Å²) in [4.78, 5) is 2.06. The van der Waals surface area contributed by atoms with Gasteiger partial charge in [-0.3, -0.25) is 0 Å². The molecule has 1 atom stereocenters. The average Bonchev–Trinajstić information content (AvgIpc) is 3.15. The molecular weight excluding hydrogens is 233 g/mol. The summed E-state index contributed by atoms with van der Waals surface area (Å²) in [5, 5.41) is 9.44. The van der Waals surface area contributed by atoms with Crippen molar-refractivity contribution in [2.24, 2.45) is 0 Å². The van der Waals surface area contributed by atoms with Gasteiger partial charge in [0.1, 0.15) is 5.82 Å². The number of hydrogen-bond donors (Lipinski definition) is 1. The number of rotatable bonds is 6. The van der Waals surface area contributed by atoms with Gasteiger partial charge in [0, 0.05) is 19.7 Å². The second-order valence-electron chi connectivity index (χ2n) is 4.80. The normalized spacial score (nSPS) is 16.7. The van der Waals surface area contributed by atoms with E-state index in [2.05, 4.69) is 4.90 Å². The maximum absolute atomic E-state index is 14.1. The van der Waals surface area contributed by atoms with Gasteiger partial charge < -0.3 is 14.7 Å². The van der Waals surface area contributed by atoms with Crippen molar-refractivity contribution >= 4 is 5.69 Å². The lowest BCUT2D eigenvalue weighted by Gasteiger charge is -2.25. The third-order valence-electron chi connectivity index (χ3n) is 3.29. The Hall–Kier alpha value is -1.13. The Morgan fingerprint density at radius 3 is 2.72 bits per heavy atom. The van der Waals surface area contributed by atoms with Crippen molar-refractivity contribution in [2.75, 3.05) is 25.2 Å². The molecule has 0 aromatic heterocycles. The molecule has 1 aromatic rings. The van der Waals surface area contributed by atoms with Gasteiger partial charge in [-0.15, -0.1) is 0 Å². The number of halogens is 1. The first-order valence-electron chi connectivity index (χ1n) is 6.36. The molecule has 1 aliphatic rings. The van der Waals surface area contributed by atoms with Crippen LogP contribution in [0.15, 0.2) is 18.2 Å². The number of ether oxygens (including phenoxy) is 1. The summed E-state index contributed by atoms with van der Waals surface area (Å²) >= 11 is 0. The van der Waals surface area contributed by atoms with Crippen molar-refractivity contribution in [1.29, 1.82) is 0 Å². The van der Waals surface area contributed by atoms with E-state index in [-0.39, 0.29) is 5.82 Å². The molecule has 3 nitrogen and oxygen atoms in total. The van der Waals surface area contributed by atoms with Crippen LogP contribution >= 0.6 is 0 Å². The van der Waals surface area contributed by atoms with Crippen LogP contribution in [0.3, 0.4) is 0 Å². The summed E-state index contributed by atoms with van der Waals surface area (Å²) in [6.45, 7) is 2.93. The maximum Gasteiger partial charge on any atom is 0.146 e. The molecule has 0 unspecified atom stereocenters. The molecule has 0 spiro atoms. The monoisotopic (exact) mass is 253 g/mol. The maximum atomic E-state index is 14.1. The molecule has 0 aliphatic heterocycles. The molecule has 18 heavy (non-hydrogen) atoms. The predicted molar refractivity (Wildman–Crippen MR) is 69.3 cm³/mol. The average molecular weight is 253 g/mol. The third kappa shape index (κ3) is 3.00. The molecule has 0 bridgehead atoms. The molecule has 2 rings (SSSR count). The first-order valence-corrected chi connectivity index (χ1v) is 6.36. The van der Waals surface area contributed by atoms with E-state index in [1.54, 1.807) is 26.2 Å². The van der Waals surface area contributed by atoms with E-state index in [4.69, 9.17) is 4.74 Å². The number of nitrogens with zero attached hydrogens (tertiary/aromatic N) is 1. The number of anilines is 1. The van der Waals surface area contributed by atoms with Crippen molar-refractivity contribution in [3.63, 3.8) is 0 Å². The van der Waals surface area contributed by atoms with Crippen LogP contribution in [0, 0.1) is 5.82 Å². The summed E-state index contributed by atoms with van der Waals surface area (Å²) in [6.07, 6.45) is 1.59. The molecule has 4 heteroatoms. The first-order chi connectivity index (χ1) is 8.63. The number of hydrogen-bond acceptors (Lipinski definition) is 3. The summed E-state index contributed by atoms with van der Waals surface area (Å²) in [6, 6.07) is 5.39. The molecule has 0 saturated heterocycles. The van der Waals surface area contributed by atoms with Crippen molar-refractivity contribution in [2.45, 2.75) is 31.9 Å². The van der Waals surface area contributed by atoms with E-state index in [1.165, 1.54) is 6.07 Å². The lowest BCUT2D eigenvalue weighted by Crippen LogP contribution is -2.30. The summed E-state index contributed by atoms with van der Waals surface area (Å²) in [5.74, 6) is -0.267. The Morgan fingerprint density at radius 1 is 1.50 bits per heavy atom. The Balaban J connectivity index is 2.19. The molecule has 1 aliphatic carbocycles. The SMILES string of the molecule is COCCN(c1ccc([C@H](C)O)cc1F)C1CC1. The molecule has 100 valence electrons. The van der Waals surface area contributed by atoms with Gasteiger partial charge in [0.2, 0.25) is 0 Å². The van der Waals surface area contributed by atoms with Gasteiger partial charge in [-0.2, -0.15) is 0 Å². The standard InChI is InChI=1S/C14H20FNO2/c1-10(17)11-3-6-14(13(15)9-11)16(7-8-18-2)12-4-5-12/h3,6,9-10,12,17H,4-5,7-8H2,1-2H3/t10-/m0/s1. The lowest BCUT2D eigenvalue weighted by atomic mass is 10.1. The Bertz CT molecular complexity index is 405. The van der Waals surface area contributed by atoms with Crippen LogP contribution in [0.2, 0.25) is 0 Å². The number of benzene rings is 1. The van der Waals surface area contributed by atoms with Crippen LogP contribution in [0.25, 0.3) is 0 Å². The Morgan fingerprint density at radius 2 is 2.22 bits per heavy atom. The van der Waals surface area contributed by atoms with Crippen molar-refractivity contribution in [3.05, 3.63) is 29.6 Å². The summed E-state index contributed by atoms with van der Waals surface area (Å²) < 4.78 is 19.2. The van der Waals surface area contributed by atoms with E-state index in [0.29, 0.717) is 30.4 Å². The van der Waals surface area contributed by atoms with Crippen molar-refractivity contribution < 1.29 is 14.2 Å². The summed E-state index contributed by atoms with van der Waals surface area (Å²) in [5.41, 5.74) is 1.22. The second-order valence-corrected chi connectivity index (χ2v) is 4.80. The largest absolute Gasteiger partial charge is 0.389 e. The van der Waals surface area contributed by atoms with E-state index >= 15 is 0 Å². The Labute approximate surface area is 107 Å². The van der Waals surface area contributed by atoms with E-state index in [9.17, 15) is 9.50 Å². The molecule has 0 heterocycles. The highest BCUT2D eigenvalue weighted by atomic mass is 19.1. The van der Waals surface area contributed by atoms with E-state index in [0.717, 1.165) is 12.8 Å². The van der Waals surface area contributed by atoms with Crippen LogP contribution in [-0.2, 0) is 4.74 Å². The summed E-state index contributed by atoms with van der Waals surface area (Å²) in [7, 11) is 1.65. The van der Waals surface area contributed by atoms with Crippen molar-refractivity contribution in [3.8, 4) is 0 Å². The zero-order valence-corrected chi connectivity index (χ0v) is 10.9. The number of methoxy groups -OCH3 is 1. The molecule has 1 N–H and O–H groups in total. The van der Waals surface area contributed by atoms with Crippen LogP contribution < -0.4 is 4.90 Å². The molecule has 0 radical (unpaired) electrons. The smallest absolute Gasteiger partial charge is 0.146 e. The highest BCUT2D eigenvalue weighted by Crippen LogP contribution is 2.33. The zero-order valence-electron chi connectivity index (χ0n) is 10.9. The highest BCUT2D eigenvalue weighted by Gasteiger charge is 2.30. The van der Waals surface area contributed by atoms with Crippen LogP contribution in [0.1, 0.15) is 31.4 Å². The second kappa shape index (κ2) is 5.67. The van der Waals surface area contributed by atoms with Gasteiger partial charge in [-0.05, 0) is 37.5 Å². The molecule has 0 amide bonds. The third-order valence-corrected chi connectivity index (χ3v) is 3.29. The topological polar surface area (TPSA) is 32.7 Å². The minimum atomic E-state index is -0.637. The fourth-order valence-electron chi connectivity index (χ4n) is 2.09. The highest BCUT2D eigenvalue weighted by molar-refractivity contribution is 5.51. The fourth-order valence-corrected chi connectivity index (χ4v) is 2.09. The Kier molecular flexibility index (Phi) is 4.19. The van der Waals surface area contributed by atoms with Gasteiger partial charge >= 0.3 is 0 Å². The van der Waals surface area contributed by atoms with Crippen LogP contribution in [0.5, 0.6) is 0 Å². The lowest BCUT2D eigenvalue weighted by molar-refractivity contribution is 0.198. The van der Waals surface area contributed by atoms with Gasteiger partial charge in [-0.25, -0.2) is 4.39 Å². The van der Waals surface area contributed by atoms with Gasteiger partial charge in [0.15, 0.2) is 0 Å². The minimum Gasteiger partial charge on any atom is -0.389 e. The fraction of sp³-hybridized carbons (Fsp3) is 0.571. The molecule has 1 saturated carbocycles. The minimum absolute atomic E-state index is 0.267. The van der Waals surface area contributed by atoms with Crippen LogP contribution in [-0.4, -0.2) is 31.4 Å². The quantitative estimate of drug-likeness (QED) is 0.845. The zero-order chi connectivity index (χ0) is 13.1. The molecule has 1 fully saturated rings. The number of aliphatic hydroxyl groups is 1.